The van der Waals surface area contributed by atoms with Crippen LogP contribution in [0.1, 0.15) is 31.2 Å². The van der Waals surface area contributed by atoms with Gasteiger partial charge in [0.2, 0.25) is 21.8 Å². The van der Waals surface area contributed by atoms with Crippen molar-refractivity contribution in [1.82, 2.24) is 20.5 Å². The summed E-state index contributed by atoms with van der Waals surface area (Å²) in [5.74, 6) is -0.351. The highest BCUT2D eigenvalue weighted by Crippen LogP contribution is 2.18. The van der Waals surface area contributed by atoms with Crippen molar-refractivity contribution in [2.75, 3.05) is 19.6 Å². The van der Waals surface area contributed by atoms with E-state index in [1.165, 1.54) is 20.8 Å². The van der Waals surface area contributed by atoms with E-state index in [1.807, 2.05) is 0 Å². The van der Waals surface area contributed by atoms with E-state index in [4.69, 9.17) is 4.52 Å². The number of hydrogen-bond acceptors (Lipinski definition) is 6. The summed E-state index contributed by atoms with van der Waals surface area (Å²) in [4.78, 5) is 22.2. The molecule has 23 heavy (non-hydrogen) atoms. The molecular weight excluding hydrogens is 324 g/mol. The van der Waals surface area contributed by atoms with Gasteiger partial charge in [-0.1, -0.05) is 5.16 Å². The van der Waals surface area contributed by atoms with Crippen molar-refractivity contribution in [1.29, 1.82) is 0 Å². The Kier molecular flexibility index (Phi) is 7.17. The Morgan fingerprint density at radius 2 is 1.74 bits per heavy atom. The highest BCUT2D eigenvalue weighted by Gasteiger charge is 2.24. The molecule has 0 radical (unpaired) electrons. The molecule has 0 aromatic carbocycles. The van der Waals surface area contributed by atoms with Gasteiger partial charge in [-0.2, -0.15) is 0 Å². The van der Waals surface area contributed by atoms with Crippen LogP contribution in [0.15, 0.2) is 9.42 Å². The van der Waals surface area contributed by atoms with Crippen molar-refractivity contribution < 1.29 is 22.5 Å². The molecule has 3 N–H and O–H groups in total. The third-order valence-corrected chi connectivity index (χ3v) is 4.60. The fraction of sp³-hybridized carbons (Fsp3) is 0.615. The minimum Gasteiger partial charge on any atom is -0.360 e. The van der Waals surface area contributed by atoms with E-state index >= 15 is 0 Å². The van der Waals surface area contributed by atoms with Crippen LogP contribution in [-0.2, 0) is 19.6 Å². The monoisotopic (exact) mass is 346 g/mol. The maximum Gasteiger partial charge on any atom is 0.246 e. The topological polar surface area (TPSA) is 130 Å². The van der Waals surface area contributed by atoms with E-state index in [-0.39, 0.29) is 28.8 Å². The predicted molar refractivity (Wildman–Crippen MR) is 82.1 cm³/mol. The van der Waals surface area contributed by atoms with Crippen molar-refractivity contribution in [3.63, 3.8) is 0 Å². The molecule has 0 aliphatic heterocycles. The lowest BCUT2D eigenvalue weighted by molar-refractivity contribution is -0.120. The Morgan fingerprint density at radius 3 is 2.26 bits per heavy atom. The second-order valence-corrected chi connectivity index (χ2v) is 6.72. The molecule has 1 heterocycles. The van der Waals surface area contributed by atoms with Gasteiger partial charge in [0.25, 0.3) is 0 Å². The molecule has 0 unspecified atom stereocenters. The maximum atomic E-state index is 12.1. The van der Waals surface area contributed by atoms with Crippen molar-refractivity contribution in [2.45, 2.75) is 38.5 Å². The molecule has 0 fully saturated rings. The average Bonchev–Trinajstić information content (AvgIpc) is 2.80. The number of unbranched alkanes of at least 4 members (excludes halogenated alkanes) is 1. The first-order valence-corrected chi connectivity index (χ1v) is 8.66. The first-order valence-electron chi connectivity index (χ1n) is 7.17. The van der Waals surface area contributed by atoms with Gasteiger partial charge in [0.1, 0.15) is 10.6 Å². The first-order chi connectivity index (χ1) is 10.7. The molecular formula is C13H22N4O5S. The number of nitrogens with one attached hydrogen (secondary N) is 3. The highest BCUT2D eigenvalue weighted by atomic mass is 32.2. The average molecular weight is 346 g/mol. The molecule has 0 saturated heterocycles. The van der Waals surface area contributed by atoms with Crippen LogP contribution in [0.25, 0.3) is 0 Å². The smallest absolute Gasteiger partial charge is 0.246 e. The number of aryl methyl sites for hydroxylation is 2. The zero-order valence-electron chi connectivity index (χ0n) is 13.4. The molecule has 0 bridgehead atoms. The zero-order valence-corrected chi connectivity index (χ0v) is 14.2. The van der Waals surface area contributed by atoms with Crippen molar-refractivity contribution in [2.24, 2.45) is 0 Å². The molecule has 130 valence electrons. The number of sulfonamides is 1. The summed E-state index contributed by atoms with van der Waals surface area (Å²) in [6.07, 6.45) is 1.41. The van der Waals surface area contributed by atoms with Crippen LogP contribution in [0.2, 0.25) is 0 Å². The Labute approximate surface area is 135 Å². The number of carbonyl (C=O) groups is 2. The van der Waals surface area contributed by atoms with E-state index in [2.05, 4.69) is 20.5 Å². The molecule has 0 saturated carbocycles. The molecule has 0 aliphatic carbocycles. The number of rotatable bonds is 9. The summed E-state index contributed by atoms with van der Waals surface area (Å²) < 4.78 is 31.2. The minimum atomic E-state index is -3.84. The third kappa shape index (κ3) is 6.37. The number of hydrogen-bond donors (Lipinski definition) is 3. The van der Waals surface area contributed by atoms with Crippen LogP contribution < -0.4 is 15.4 Å². The van der Waals surface area contributed by atoms with Gasteiger partial charge in [-0.25, -0.2) is 13.1 Å². The van der Waals surface area contributed by atoms with Gasteiger partial charge in [0.05, 0.1) is 6.54 Å². The maximum absolute atomic E-state index is 12.1. The van der Waals surface area contributed by atoms with E-state index in [9.17, 15) is 18.0 Å². The summed E-state index contributed by atoms with van der Waals surface area (Å²) >= 11 is 0. The Balaban J connectivity index is 2.32. The van der Waals surface area contributed by atoms with Crippen LogP contribution >= 0.6 is 0 Å². The van der Waals surface area contributed by atoms with E-state index in [1.54, 1.807) is 0 Å². The molecule has 0 spiro atoms. The molecule has 1 rings (SSSR count). The van der Waals surface area contributed by atoms with Crippen molar-refractivity contribution >= 4 is 21.8 Å². The van der Waals surface area contributed by atoms with E-state index in [0.717, 1.165) is 6.42 Å². The normalized spacial score (nSPS) is 11.3. The standard InChI is InChI=1S/C13H22N4O5S/c1-9-13(10(2)22-17-9)23(20,21)16-8-12(19)15-7-5-4-6-14-11(3)18/h16H,4-8H2,1-3H3,(H,14,18)(H,15,19). The third-order valence-electron chi connectivity index (χ3n) is 2.96. The first kappa shape index (κ1) is 19.1. The second-order valence-electron chi connectivity index (χ2n) is 5.02. The summed E-state index contributed by atoms with van der Waals surface area (Å²) in [6, 6.07) is 0. The zero-order chi connectivity index (χ0) is 17.5. The highest BCUT2D eigenvalue weighted by molar-refractivity contribution is 7.89. The Morgan fingerprint density at radius 1 is 1.13 bits per heavy atom. The van der Waals surface area contributed by atoms with Crippen molar-refractivity contribution in [3.05, 3.63) is 11.5 Å². The van der Waals surface area contributed by atoms with Crippen LogP contribution in [0.5, 0.6) is 0 Å². The van der Waals surface area contributed by atoms with Gasteiger partial charge in [0, 0.05) is 20.0 Å². The lowest BCUT2D eigenvalue weighted by atomic mass is 10.3. The Hall–Kier alpha value is -1.94. The number of carbonyl (C=O) groups excluding carboxylic acids is 2. The SMILES string of the molecule is CC(=O)NCCCCNC(=O)CNS(=O)(=O)c1c(C)noc1C. The van der Waals surface area contributed by atoms with Crippen LogP contribution in [0, 0.1) is 13.8 Å². The number of nitrogens with zero attached hydrogens (tertiary/aromatic N) is 1. The van der Waals surface area contributed by atoms with Gasteiger partial charge in [0.15, 0.2) is 5.76 Å². The van der Waals surface area contributed by atoms with Gasteiger partial charge >= 0.3 is 0 Å². The fourth-order valence-electron chi connectivity index (χ4n) is 1.90. The van der Waals surface area contributed by atoms with Gasteiger partial charge < -0.3 is 15.2 Å². The summed E-state index contributed by atoms with van der Waals surface area (Å²) in [5, 5.41) is 8.82. The lowest BCUT2D eigenvalue weighted by Crippen LogP contribution is -2.37. The minimum absolute atomic E-state index is 0.0411. The predicted octanol–water partition coefficient (Wildman–Crippen LogP) is -0.398. The van der Waals surface area contributed by atoms with Crippen LogP contribution in [0.4, 0.5) is 0 Å². The molecule has 2 amide bonds. The fourth-order valence-corrected chi connectivity index (χ4v) is 3.20. The molecule has 10 heteroatoms. The second kappa shape index (κ2) is 8.63. The van der Waals surface area contributed by atoms with E-state index < -0.39 is 15.9 Å². The largest absolute Gasteiger partial charge is 0.360 e. The number of aromatic nitrogens is 1. The summed E-state index contributed by atoms with van der Waals surface area (Å²) in [5.41, 5.74) is 0.244. The number of amides is 2. The molecule has 0 atom stereocenters. The molecule has 9 nitrogen and oxygen atoms in total. The molecule has 1 aromatic heterocycles. The van der Waals surface area contributed by atoms with E-state index in [0.29, 0.717) is 19.5 Å². The van der Waals surface area contributed by atoms with Crippen molar-refractivity contribution in [3.8, 4) is 0 Å². The van der Waals surface area contributed by atoms with Gasteiger partial charge in [-0.15, -0.1) is 0 Å². The van der Waals surface area contributed by atoms with Crippen LogP contribution in [-0.4, -0.2) is 45.0 Å². The van der Waals surface area contributed by atoms with Gasteiger partial charge in [-0.05, 0) is 26.7 Å². The quantitative estimate of drug-likeness (QED) is 0.522. The Bertz CT molecular complexity index is 634. The van der Waals surface area contributed by atoms with Gasteiger partial charge in [-0.3, -0.25) is 9.59 Å². The summed E-state index contributed by atoms with van der Waals surface area (Å²) in [7, 11) is -3.84. The summed E-state index contributed by atoms with van der Waals surface area (Å²) in [6.45, 7) is 5.03. The lowest BCUT2D eigenvalue weighted by Gasteiger charge is -2.07. The van der Waals surface area contributed by atoms with Crippen LogP contribution in [0.3, 0.4) is 0 Å². The molecule has 0 aliphatic rings. The molecule has 1 aromatic rings.